The first-order valence-corrected chi connectivity index (χ1v) is 4.20. The van der Waals surface area contributed by atoms with Crippen LogP contribution in [0.5, 0.6) is 0 Å². The molecule has 0 heterocycles. The number of likely N-dealkylation sites (N-methyl/N-ethyl adjacent to an activating group) is 1. The number of hydrogen-bond donors (Lipinski definition) is 3. The number of aliphatic hydroxyl groups is 1. The molecule has 0 aliphatic heterocycles. The molecule has 0 saturated carbocycles. The SMILES string of the molecule is CCNC(C)C(C)(O)CCN. The van der Waals surface area contributed by atoms with E-state index in [0.29, 0.717) is 13.0 Å². The van der Waals surface area contributed by atoms with Crippen molar-refractivity contribution in [2.75, 3.05) is 13.1 Å². The summed E-state index contributed by atoms with van der Waals surface area (Å²) in [5.41, 5.74) is 4.68. The van der Waals surface area contributed by atoms with Crippen molar-refractivity contribution >= 4 is 0 Å². The van der Waals surface area contributed by atoms with Gasteiger partial charge in [0.25, 0.3) is 0 Å². The molecule has 0 radical (unpaired) electrons. The normalized spacial score (nSPS) is 19.4. The molecule has 3 heteroatoms. The number of nitrogens with two attached hydrogens (primary N) is 1. The third-order valence-electron chi connectivity index (χ3n) is 2.09. The Morgan fingerprint density at radius 1 is 1.64 bits per heavy atom. The largest absolute Gasteiger partial charge is 0.389 e. The smallest absolute Gasteiger partial charge is 0.0781 e. The fraction of sp³-hybridized carbons (Fsp3) is 1.00. The van der Waals surface area contributed by atoms with Gasteiger partial charge in [0.2, 0.25) is 0 Å². The van der Waals surface area contributed by atoms with Gasteiger partial charge in [-0.3, -0.25) is 0 Å². The molecule has 0 aromatic carbocycles. The second kappa shape index (κ2) is 4.70. The number of nitrogens with one attached hydrogen (secondary N) is 1. The van der Waals surface area contributed by atoms with Gasteiger partial charge in [-0.1, -0.05) is 6.92 Å². The van der Waals surface area contributed by atoms with Crippen LogP contribution in [0.25, 0.3) is 0 Å². The predicted molar refractivity (Wildman–Crippen MR) is 47.4 cm³/mol. The minimum absolute atomic E-state index is 0.107. The Morgan fingerprint density at radius 3 is 2.55 bits per heavy atom. The fourth-order valence-corrected chi connectivity index (χ4v) is 1.03. The molecule has 0 aromatic heterocycles. The average molecular weight is 160 g/mol. The molecule has 2 atom stereocenters. The standard InChI is InChI=1S/C8H20N2O/c1-4-10-7(2)8(3,11)5-6-9/h7,10-11H,4-6,9H2,1-3H3. The maximum absolute atomic E-state index is 9.77. The summed E-state index contributed by atoms with van der Waals surface area (Å²) in [4.78, 5) is 0. The molecule has 0 saturated heterocycles. The summed E-state index contributed by atoms with van der Waals surface area (Å²) in [5, 5.41) is 12.9. The average Bonchev–Trinajstić information content (AvgIpc) is 1.88. The monoisotopic (exact) mass is 160 g/mol. The van der Waals surface area contributed by atoms with Crippen molar-refractivity contribution in [3.8, 4) is 0 Å². The summed E-state index contributed by atoms with van der Waals surface area (Å²) in [6.07, 6.45) is 0.640. The van der Waals surface area contributed by atoms with E-state index in [1.54, 1.807) is 0 Å². The molecule has 0 aromatic rings. The zero-order chi connectivity index (χ0) is 8.91. The van der Waals surface area contributed by atoms with E-state index in [1.807, 2.05) is 20.8 Å². The van der Waals surface area contributed by atoms with Crippen LogP contribution < -0.4 is 11.1 Å². The zero-order valence-corrected chi connectivity index (χ0v) is 7.72. The molecule has 0 fully saturated rings. The van der Waals surface area contributed by atoms with Crippen LogP contribution in [0.1, 0.15) is 27.2 Å². The molecular formula is C8H20N2O. The lowest BCUT2D eigenvalue weighted by Crippen LogP contribution is -2.47. The van der Waals surface area contributed by atoms with Crippen LogP contribution in [-0.2, 0) is 0 Å². The van der Waals surface area contributed by atoms with Gasteiger partial charge in [-0.15, -0.1) is 0 Å². The molecule has 0 rings (SSSR count). The lowest BCUT2D eigenvalue weighted by atomic mass is 9.94. The van der Waals surface area contributed by atoms with E-state index in [0.717, 1.165) is 6.54 Å². The highest BCUT2D eigenvalue weighted by Gasteiger charge is 2.26. The van der Waals surface area contributed by atoms with Gasteiger partial charge in [-0.2, -0.15) is 0 Å². The third kappa shape index (κ3) is 3.70. The van der Waals surface area contributed by atoms with E-state index in [1.165, 1.54) is 0 Å². The summed E-state index contributed by atoms with van der Waals surface area (Å²) < 4.78 is 0. The van der Waals surface area contributed by atoms with Crippen molar-refractivity contribution in [3.05, 3.63) is 0 Å². The van der Waals surface area contributed by atoms with Gasteiger partial charge in [0.1, 0.15) is 0 Å². The first-order valence-electron chi connectivity index (χ1n) is 4.20. The Balaban J connectivity index is 3.83. The van der Waals surface area contributed by atoms with E-state index < -0.39 is 5.60 Å². The topological polar surface area (TPSA) is 58.3 Å². The molecule has 0 bridgehead atoms. The van der Waals surface area contributed by atoms with Gasteiger partial charge in [0.05, 0.1) is 5.60 Å². The second-order valence-corrected chi connectivity index (χ2v) is 3.18. The highest BCUT2D eigenvalue weighted by atomic mass is 16.3. The minimum Gasteiger partial charge on any atom is -0.389 e. The molecule has 0 aliphatic rings. The van der Waals surface area contributed by atoms with Crippen LogP contribution in [0.4, 0.5) is 0 Å². The first-order chi connectivity index (χ1) is 5.04. The number of rotatable bonds is 5. The first kappa shape index (κ1) is 10.9. The quantitative estimate of drug-likeness (QED) is 0.534. The van der Waals surface area contributed by atoms with Crippen molar-refractivity contribution in [2.45, 2.75) is 38.8 Å². The molecule has 11 heavy (non-hydrogen) atoms. The Kier molecular flexibility index (Phi) is 4.65. The molecule has 0 amide bonds. The van der Waals surface area contributed by atoms with Crippen LogP contribution in [0.3, 0.4) is 0 Å². The lowest BCUT2D eigenvalue weighted by Gasteiger charge is -2.30. The van der Waals surface area contributed by atoms with E-state index in [-0.39, 0.29) is 6.04 Å². The van der Waals surface area contributed by atoms with E-state index in [2.05, 4.69) is 5.32 Å². The molecule has 2 unspecified atom stereocenters. The van der Waals surface area contributed by atoms with Crippen molar-refractivity contribution in [2.24, 2.45) is 5.73 Å². The number of hydrogen-bond acceptors (Lipinski definition) is 3. The maximum Gasteiger partial charge on any atom is 0.0781 e. The summed E-state index contributed by atoms with van der Waals surface area (Å²) in [6, 6.07) is 0.107. The van der Waals surface area contributed by atoms with Gasteiger partial charge in [0.15, 0.2) is 0 Å². The molecule has 3 nitrogen and oxygen atoms in total. The highest BCUT2D eigenvalue weighted by Crippen LogP contribution is 2.12. The van der Waals surface area contributed by atoms with Gasteiger partial charge < -0.3 is 16.2 Å². The Bertz CT molecular complexity index is 104. The van der Waals surface area contributed by atoms with Crippen LogP contribution in [0.2, 0.25) is 0 Å². The third-order valence-corrected chi connectivity index (χ3v) is 2.09. The van der Waals surface area contributed by atoms with Gasteiger partial charge in [0, 0.05) is 6.04 Å². The van der Waals surface area contributed by atoms with Gasteiger partial charge >= 0.3 is 0 Å². The second-order valence-electron chi connectivity index (χ2n) is 3.18. The van der Waals surface area contributed by atoms with Crippen LogP contribution in [0.15, 0.2) is 0 Å². The van der Waals surface area contributed by atoms with E-state index >= 15 is 0 Å². The van der Waals surface area contributed by atoms with Crippen molar-refractivity contribution in [3.63, 3.8) is 0 Å². The summed E-state index contributed by atoms with van der Waals surface area (Å²) in [7, 11) is 0. The fourth-order valence-electron chi connectivity index (χ4n) is 1.03. The van der Waals surface area contributed by atoms with Crippen molar-refractivity contribution in [1.82, 2.24) is 5.32 Å². The van der Waals surface area contributed by atoms with Gasteiger partial charge in [-0.25, -0.2) is 0 Å². The summed E-state index contributed by atoms with van der Waals surface area (Å²) in [6.45, 7) is 7.21. The maximum atomic E-state index is 9.77. The predicted octanol–water partition coefficient (Wildman–Crippen LogP) is 0.0842. The van der Waals surface area contributed by atoms with Crippen LogP contribution in [-0.4, -0.2) is 29.8 Å². The molecule has 68 valence electrons. The summed E-state index contributed by atoms with van der Waals surface area (Å²) >= 11 is 0. The van der Waals surface area contributed by atoms with Crippen molar-refractivity contribution < 1.29 is 5.11 Å². The van der Waals surface area contributed by atoms with Crippen LogP contribution >= 0.6 is 0 Å². The molecular weight excluding hydrogens is 140 g/mol. The molecule has 4 N–H and O–H groups in total. The van der Waals surface area contributed by atoms with Crippen molar-refractivity contribution in [1.29, 1.82) is 0 Å². The Hall–Kier alpha value is -0.120. The Morgan fingerprint density at radius 2 is 2.18 bits per heavy atom. The summed E-state index contributed by atoms with van der Waals surface area (Å²) in [5.74, 6) is 0. The molecule has 0 spiro atoms. The lowest BCUT2D eigenvalue weighted by molar-refractivity contribution is 0.0202. The molecule has 0 aliphatic carbocycles. The van der Waals surface area contributed by atoms with E-state index in [9.17, 15) is 5.11 Å². The van der Waals surface area contributed by atoms with Gasteiger partial charge in [-0.05, 0) is 33.4 Å². The zero-order valence-electron chi connectivity index (χ0n) is 7.72. The highest BCUT2D eigenvalue weighted by molar-refractivity contribution is 4.84. The minimum atomic E-state index is -0.676. The Labute approximate surface area is 69.0 Å². The van der Waals surface area contributed by atoms with Crippen LogP contribution in [0, 0.1) is 0 Å². The van der Waals surface area contributed by atoms with E-state index in [4.69, 9.17) is 5.73 Å².